The second-order valence-corrected chi connectivity index (χ2v) is 5.96. The Morgan fingerprint density at radius 3 is 3.05 bits per heavy atom. The molecule has 0 saturated carbocycles. The minimum atomic E-state index is -1.04. The Morgan fingerprint density at radius 1 is 1.60 bits per heavy atom. The summed E-state index contributed by atoms with van der Waals surface area (Å²) in [5.41, 5.74) is 1.56. The van der Waals surface area contributed by atoms with Crippen LogP contribution in [0.15, 0.2) is 24.3 Å². The molecule has 0 spiro atoms. The van der Waals surface area contributed by atoms with Crippen LogP contribution in [-0.2, 0) is 15.3 Å². The Kier molecular flexibility index (Phi) is 5.20. The smallest absolute Gasteiger partial charge is 0.328 e. The van der Waals surface area contributed by atoms with Gasteiger partial charge in [-0.3, -0.25) is 0 Å². The molecule has 0 aliphatic carbocycles. The molecule has 1 aromatic rings. The Bertz CT molecular complexity index is 516. The fourth-order valence-electron chi connectivity index (χ4n) is 2.14. The van der Waals surface area contributed by atoms with Crippen LogP contribution in [0.1, 0.15) is 24.5 Å². The number of carboxylic acid groups (broad SMARTS) is 1. The van der Waals surface area contributed by atoms with Gasteiger partial charge in [0.2, 0.25) is 0 Å². The van der Waals surface area contributed by atoms with E-state index in [4.69, 9.17) is 9.84 Å². The van der Waals surface area contributed by atoms with Gasteiger partial charge in [-0.1, -0.05) is 6.07 Å². The van der Waals surface area contributed by atoms with Crippen molar-refractivity contribution in [2.75, 3.05) is 6.61 Å². The molecule has 1 heterocycles. The molecule has 3 nitrogen and oxygen atoms in total. The van der Waals surface area contributed by atoms with Crippen LogP contribution in [0.25, 0.3) is 6.08 Å². The van der Waals surface area contributed by atoms with Gasteiger partial charge < -0.3 is 9.84 Å². The van der Waals surface area contributed by atoms with Gasteiger partial charge in [0.1, 0.15) is 5.82 Å². The van der Waals surface area contributed by atoms with Crippen LogP contribution < -0.4 is 0 Å². The van der Waals surface area contributed by atoms with Crippen LogP contribution in [0.4, 0.5) is 4.39 Å². The van der Waals surface area contributed by atoms with Gasteiger partial charge in [-0.05, 0) is 42.7 Å². The van der Waals surface area contributed by atoms with Crippen molar-refractivity contribution in [3.05, 3.63) is 41.2 Å². The van der Waals surface area contributed by atoms with Crippen LogP contribution in [-0.4, -0.2) is 29.0 Å². The normalized spacial score (nSPS) is 22.5. The first-order chi connectivity index (χ1) is 9.56. The lowest BCUT2D eigenvalue weighted by Gasteiger charge is -2.14. The van der Waals surface area contributed by atoms with Gasteiger partial charge in [-0.2, -0.15) is 11.8 Å². The zero-order chi connectivity index (χ0) is 14.5. The van der Waals surface area contributed by atoms with E-state index in [9.17, 15) is 9.18 Å². The molecule has 1 fully saturated rings. The number of carboxylic acids is 1. The van der Waals surface area contributed by atoms with Gasteiger partial charge in [0.15, 0.2) is 0 Å². The number of halogens is 1. The SMILES string of the molecule is CC1OCCC1SCc1ccc(F)cc1/C=C/C(=O)O. The number of benzene rings is 1. The van der Waals surface area contributed by atoms with Crippen molar-refractivity contribution >= 4 is 23.8 Å². The number of hydrogen-bond donors (Lipinski definition) is 1. The van der Waals surface area contributed by atoms with Crippen LogP contribution in [0.3, 0.4) is 0 Å². The van der Waals surface area contributed by atoms with Gasteiger partial charge in [-0.25, -0.2) is 9.18 Å². The van der Waals surface area contributed by atoms with Gasteiger partial charge >= 0.3 is 5.97 Å². The summed E-state index contributed by atoms with van der Waals surface area (Å²) in [5.74, 6) is -0.676. The summed E-state index contributed by atoms with van der Waals surface area (Å²) < 4.78 is 18.8. The topological polar surface area (TPSA) is 46.5 Å². The van der Waals surface area contributed by atoms with Crippen molar-refractivity contribution in [2.24, 2.45) is 0 Å². The first kappa shape index (κ1) is 15.1. The fourth-order valence-corrected chi connectivity index (χ4v) is 3.41. The summed E-state index contributed by atoms with van der Waals surface area (Å²) in [6.07, 6.45) is 3.73. The quantitative estimate of drug-likeness (QED) is 0.847. The molecule has 1 aromatic carbocycles. The molecule has 1 saturated heterocycles. The molecule has 1 N–H and O–H groups in total. The second-order valence-electron chi connectivity index (χ2n) is 4.73. The lowest BCUT2D eigenvalue weighted by atomic mass is 10.1. The maximum atomic E-state index is 13.3. The zero-order valence-corrected chi connectivity index (χ0v) is 12.0. The molecule has 5 heteroatoms. The summed E-state index contributed by atoms with van der Waals surface area (Å²) in [6.45, 7) is 2.84. The van der Waals surface area contributed by atoms with Crippen molar-refractivity contribution in [1.82, 2.24) is 0 Å². The molecule has 108 valence electrons. The van der Waals surface area contributed by atoms with Crippen molar-refractivity contribution in [2.45, 2.75) is 30.5 Å². The van der Waals surface area contributed by atoms with E-state index in [0.29, 0.717) is 10.8 Å². The van der Waals surface area contributed by atoms with Gasteiger partial charge in [0, 0.05) is 23.7 Å². The molecule has 2 unspecified atom stereocenters. The first-order valence-electron chi connectivity index (χ1n) is 6.49. The largest absolute Gasteiger partial charge is 0.478 e. The summed E-state index contributed by atoms with van der Waals surface area (Å²) >= 11 is 1.77. The molecule has 0 radical (unpaired) electrons. The van der Waals surface area contributed by atoms with Crippen LogP contribution in [0, 0.1) is 5.82 Å². The van der Waals surface area contributed by atoms with E-state index in [1.807, 2.05) is 0 Å². The van der Waals surface area contributed by atoms with Crippen LogP contribution in [0.5, 0.6) is 0 Å². The summed E-state index contributed by atoms with van der Waals surface area (Å²) in [6, 6.07) is 4.48. The van der Waals surface area contributed by atoms with Crippen LogP contribution >= 0.6 is 11.8 Å². The first-order valence-corrected chi connectivity index (χ1v) is 7.54. The lowest BCUT2D eigenvalue weighted by Crippen LogP contribution is -2.13. The molecule has 2 atom stereocenters. The highest BCUT2D eigenvalue weighted by Crippen LogP contribution is 2.30. The van der Waals surface area contributed by atoms with Crippen molar-refractivity contribution < 1.29 is 19.0 Å². The van der Waals surface area contributed by atoms with Crippen molar-refractivity contribution in [1.29, 1.82) is 0 Å². The number of thioether (sulfide) groups is 1. The van der Waals surface area contributed by atoms with Gasteiger partial charge in [0.05, 0.1) is 6.10 Å². The summed E-state index contributed by atoms with van der Waals surface area (Å²) in [4.78, 5) is 10.6. The highest BCUT2D eigenvalue weighted by atomic mass is 32.2. The maximum Gasteiger partial charge on any atom is 0.328 e. The van der Waals surface area contributed by atoms with E-state index in [-0.39, 0.29) is 11.9 Å². The monoisotopic (exact) mass is 296 g/mol. The Morgan fingerprint density at radius 2 is 2.40 bits per heavy atom. The molecule has 20 heavy (non-hydrogen) atoms. The zero-order valence-electron chi connectivity index (χ0n) is 11.2. The number of hydrogen-bond acceptors (Lipinski definition) is 3. The third-order valence-electron chi connectivity index (χ3n) is 3.27. The lowest BCUT2D eigenvalue weighted by molar-refractivity contribution is -0.131. The Labute approximate surface area is 121 Å². The highest BCUT2D eigenvalue weighted by Gasteiger charge is 2.24. The number of ether oxygens (including phenoxy) is 1. The number of rotatable bonds is 5. The second kappa shape index (κ2) is 6.90. The molecule has 1 aliphatic heterocycles. The minimum absolute atomic E-state index is 0.235. The predicted octanol–water partition coefficient (Wildman–Crippen LogP) is 3.33. The van der Waals surface area contributed by atoms with Gasteiger partial charge in [0.25, 0.3) is 0 Å². The van der Waals surface area contributed by atoms with E-state index in [1.165, 1.54) is 18.2 Å². The average molecular weight is 296 g/mol. The van der Waals surface area contributed by atoms with E-state index in [0.717, 1.165) is 30.4 Å². The number of aliphatic carboxylic acids is 1. The fraction of sp³-hybridized carbons (Fsp3) is 0.400. The third-order valence-corrected chi connectivity index (χ3v) is 4.80. The molecule has 0 aromatic heterocycles. The Balaban J connectivity index is 2.08. The van der Waals surface area contributed by atoms with Crippen molar-refractivity contribution in [3.8, 4) is 0 Å². The molecule has 0 bridgehead atoms. The third kappa shape index (κ3) is 4.08. The summed E-state index contributed by atoms with van der Waals surface area (Å²) in [5, 5.41) is 9.11. The molecule has 1 aliphatic rings. The molecule has 0 amide bonds. The van der Waals surface area contributed by atoms with Gasteiger partial charge in [-0.15, -0.1) is 0 Å². The molecular formula is C15H17FO3S. The van der Waals surface area contributed by atoms with E-state index >= 15 is 0 Å². The predicted molar refractivity (Wildman–Crippen MR) is 78.2 cm³/mol. The summed E-state index contributed by atoms with van der Waals surface area (Å²) in [7, 11) is 0. The molecule has 2 rings (SSSR count). The average Bonchev–Trinajstić information content (AvgIpc) is 2.81. The van der Waals surface area contributed by atoms with Crippen molar-refractivity contribution in [3.63, 3.8) is 0 Å². The number of carbonyl (C=O) groups is 1. The van der Waals surface area contributed by atoms with Crippen LogP contribution in [0.2, 0.25) is 0 Å². The Hall–Kier alpha value is -1.33. The van der Waals surface area contributed by atoms with E-state index in [2.05, 4.69) is 6.92 Å². The highest BCUT2D eigenvalue weighted by molar-refractivity contribution is 7.99. The van der Waals surface area contributed by atoms with E-state index < -0.39 is 5.97 Å². The minimum Gasteiger partial charge on any atom is -0.478 e. The maximum absolute atomic E-state index is 13.3. The standard InChI is InChI=1S/C15H17FO3S/c1-10-14(6-7-19-10)20-9-12-2-4-13(16)8-11(12)3-5-15(17)18/h2-5,8,10,14H,6-7,9H2,1H3,(H,17,18)/b5-3+. The van der Waals surface area contributed by atoms with E-state index in [1.54, 1.807) is 17.8 Å². The molecular weight excluding hydrogens is 279 g/mol.